The fourth-order valence-corrected chi connectivity index (χ4v) is 5.09. The number of para-hydroxylation sites is 1. The van der Waals surface area contributed by atoms with Crippen molar-refractivity contribution < 1.29 is 14.3 Å². The lowest BCUT2D eigenvalue weighted by molar-refractivity contribution is -0.122. The summed E-state index contributed by atoms with van der Waals surface area (Å²) in [5.41, 5.74) is 3.93. The molecule has 0 radical (unpaired) electrons. The van der Waals surface area contributed by atoms with E-state index < -0.39 is 0 Å². The Labute approximate surface area is 227 Å². The molecule has 0 bridgehead atoms. The number of benzene rings is 4. The van der Waals surface area contributed by atoms with Crippen LogP contribution in [0.4, 0.5) is 5.69 Å². The number of carbonyl (C=O) groups excluding carboxylic acids is 1. The molecule has 38 heavy (non-hydrogen) atoms. The number of rotatable bonds is 9. The van der Waals surface area contributed by atoms with Crippen molar-refractivity contribution >= 4 is 34.6 Å². The van der Waals surface area contributed by atoms with Crippen molar-refractivity contribution in [2.45, 2.75) is 13.0 Å². The van der Waals surface area contributed by atoms with Crippen molar-refractivity contribution in [1.82, 2.24) is 4.90 Å². The van der Waals surface area contributed by atoms with E-state index >= 15 is 0 Å². The molecule has 0 aromatic heterocycles. The summed E-state index contributed by atoms with van der Waals surface area (Å²) >= 11 is 1.39. The van der Waals surface area contributed by atoms with E-state index in [4.69, 9.17) is 14.5 Å². The third-order valence-corrected chi connectivity index (χ3v) is 7.07. The van der Waals surface area contributed by atoms with Crippen molar-refractivity contribution in [3.05, 3.63) is 131 Å². The third kappa shape index (κ3) is 6.33. The molecule has 1 aliphatic rings. The molecule has 4 aromatic carbocycles. The van der Waals surface area contributed by atoms with E-state index in [-0.39, 0.29) is 5.91 Å². The molecule has 190 valence electrons. The molecule has 0 atom stereocenters. The van der Waals surface area contributed by atoms with Crippen LogP contribution in [0.3, 0.4) is 0 Å². The predicted octanol–water partition coefficient (Wildman–Crippen LogP) is 7.12. The van der Waals surface area contributed by atoms with E-state index in [1.54, 1.807) is 12.0 Å². The topological polar surface area (TPSA) is 51.1 Å². The van der Waals surface area contributed by atoms with Crippen molar-refractivity contribution in [1.29, 1.82) is 0 Å². The first-order valence-electron chi connectivity index (χ1n) is 12.4. The minimum Gasteiger partial charge on any atom is -0.493 e. The Morgan fingerprint density at radius 3 is 2.16 bits per heavy atom. The van der Waals surface area contributed by atoms with Crippen LogP contribution in [0.5, 0.6) is 11.5 Å². The van der Waals surface area contributed by atoms with Crippen LogP contribution in [0, 0.1) is 0 Å². The van der Waals surface area contributed by atoms with Gasteiger partial charge in [0.05, 0.1) is 17.7 Å². The maximum atomic E-state index is 13.5. The summed E-state index contributed by atoms with van der Waals surface area (Å²) in [5, 5.41) is 0.679. The van der Waals surface area contributed by atoms with Gasteiger partial charge in [-0.1, -0.05) is 84.9 Å². The minimum atomic E-state index is -0.0519. The number of carbonyl (C=O) groups is 1. The fraction of sp³-hybridized carbons (Fsp3) is 0.125. The van der Waals surface area contributed by atoms with Gasteiger partial charge in [-0.2, -0.15) is 0 Å². The first-order valence-corrected chi connectivity index (χ1v) is 13.2. The quantitative estimate of drug-likeness (QED) is 0.221. The molecule has 0 N–H and O–H groups in total. The van der Waals surface area contributed by atoms with Gasteiger partial charge in [0.25, 0.3) is 5.91 Å². The molecule has 0 aliphatic carbocycles. The van der Waals surface area contributed by atoms with Crippen LogP contribution in [-0.4, -0.2) is 29.6 Å². The highest BCUT2D eigenvalue weighted by Crippen LogP contribution is 2.36. The van der Waals surface area contributed by atoms with Gasteiger partial charge in [-0.15, -0.1) is 0 Å². The Bertz CT molecular complexity index is 1440. The molecule has 1 saturated heterocycles. The number of hydrogen-bond acceptors (Lipinski definition) is 5. The highest BCUT2D eigenvalue weighted by atomic mass is 32.2. The zero-order chi connectivity index (χ0) is 26.2. The molecule has 0 unspecified atom stereocenters. The second-order valence-electron chi connectivity index (χ2n) is 8.72. The Kier molecular flexibility index (Phi) is 8.21. The van der Waals surface area contributed by atoms with Crippen LogP contribution in [0.15, 0.2) is 119 Å². The SMILES string of the molecule is COc1cc(/C=C2/SC(=Nc3ccccc3)N(CCc3ccccc3)C2=O)ccc1OCc1ccccc1. The highest BCUT2D eigenvalue weighted by Gasteiger charge is 2.33. The predicted molar refractivity (Wildman–Crippen MR) is 155 cm³/mol. The van der Waals surface area contributed by atoms with Gasteiger partial charge in [-0.25, -0.2) is 4.99 Å². The molecular formula is C32H28N2O3S. The number of nitrogens with zero attached hydrogens (tertiary/aromatic N) is 2. The molecule has 1 aliphatic heterocycles. The molecule has 4 aromatic rings. The normalized spacial score (nSPS) is 15.3. The van der Waals surface area contributed by atoms with Gasteiger partial charge in [0.2, 0.25) is 0 Å². The minimum absolute atomic E-state index is 0.0519. The van der Waals surface area contributed by atoms with E-state index in [1.165, 1.54) is 17.3 Å². The van der Waals surface area contributed by atoms with Crippen LogP contribution < -0.4 is 9.47 Å². The van der Waals surface area contributed by atoms with Crippen LogP contribution in [0.1, 0.15) is 16.7 Å². The summed E-state index contributed by atoms with van der Waals surface area (Å²) in [6.45, 7) is 0.996. The number of aliphatic imine (C=N–C) groups is 1. The highest BCUT2D eigenvalue weighted by molar-refractivity contribution is 8.18. The molecule has 6 heteroatoms. The van der Waals surface area contributed by atoms with Crippen molar-refractivity contribution in [2.75, 3.05) is 13.7 Å². The van der Waals surface area contributed by atoms with Crippen molar-refractivity contribution in [2.24, 2.45) is 4.99 Å². The van der Waals surface area contributed by atoms with Crippen molar-refractivity contribution in [3.8, 4) is 11.5 Å². The lowest BCUT2D eigenvalue weighted by atomic mass is 10.1. The third-order valence-electron chi connectivity index (χ3n) is 6.06. The smallest absolute Gasteiger partial charge is 0.266 e. The second kappa shape index (κ2) is 12.3. The fourth-order valence-electron chi connectivity index (χ4n) is 4.07. The van der Waals surface area contributed by atoms with Gasteiger partial charge in [-0.3, -0.25) is 9.69 Å². The summed E-state index contributed by atoms with van der Waals surface area (Å²) in [4.78, 5) is 20.7. The van der Waals surface area contributed by atoms with Crippen LogP contribution in [0.25, 0.3) is 6.08 Å². The second-order valence-corrected chi connectivity index (χ2v) is 9.73. The van der Waals surface area contributed by atoms with E-state index in [1.807, 2.05) is 103 Å². The number of amidine groups is 1. The number of methoxy groups -OCH3 is 1. The van der Waals surface area contributed by atoms with E-state index in [9.17, 15) is 4.79 Å². The summed E-state index contributed by atoms with van der Waals surface area (Å²) in [5.74, 6) is 1.22. The number of amides is 1. The number of hydrogen-bond donors (Lipinski definition) is 0. The van der Waals surface area contributed by atoms with E-state index in [0.29, 0.717) is 34.7 Å². The molecule has 0 saturated carbocycles. The average molecular weight is 521 g/mol. The molecule has 1 heterocycles. The first kappa shape index (κ1) is 25.4. The van der Waals surface area contributed by atoms with Gasteiger partial charge in [0.1, 0.15) is 6.61 Å². The number of ether oxygens (including phenoxy) is 2. The summed E-state index contributed by atoms with van der Waals surface area (Å²) in [6.07, 6.45) is 2.63. The van der Waals surface area contributed by atoms with Gasteiger partial charge in [0, 0.05) is 6.54 Å². The molecule has 1 fully saturated rings. The average Bonchev–Trinajstić information content (AvgIpc) is 3.25. The van der Waals surface area contributed by atoms with Crippen LogP contribution in [-0.2, 0) is 17.8 Å². The molecular weight excluding hydrogens is 492 g/mol. The lowest BCUT2D eigenvalue weighted by Crippen LogP contribution is -2.31. The van der Waals surface area contributed by atoms with Gasteiger partial charge >= 0.3 is 0 Å². The zero-order valence-corrected chi connectivity index (χ0v) is 21.9. The van der Waals surface area contributed by atoms with Gasteiger partial charge in [0.15, 0.2) is 16.7 Å². The lowest BCUT2D eigenvalue weighted by Gasteiger charge is -2.15. The van der Waals surface area contributed by atoms with E-state index in [2.05, 4.69) is 12.1 Å². The Morgan fingerprint density at radius 1 is 0.816 bits per heavy atom. The van der Waals surface area contributed by atoms with Crippen LogP contribution in [0.2, 0.25) is 0 Å². The summed E-state index contributed by atoms with van der Waals surface area (Å²) in [6, 6.07) is 35.6. The Hall–Kier alpha value is -4.29. The molecule has 1 amide bonds. The summed E-state index contributed by atoms with van der Waals surface area (Å²) < 4.78 is 11.6. The molecule has 0 spiro atoms. The molecule has 5 rings (SSSR count). The zero-order valence-electron chi connectivity index (χ0n) is 21.1. The summed E-state index contributed by atoms with van der Waals surface area (Å²) in [7, 11) is 1.62. The molecule has 5 nitrogen and oxygen atoms in total. The van der Waals surface area contributed by atoms with E-state index in [0.717, 1.165) is 23.2 Å². The maximum Gasteiger partial charge on any atom is 0.266 e. The van der Waals surface area contributed by atoms with Crippen LogP contribution >= 0.6 is 11.8 Å². The largest absolute Gasteiger partial charge is 0.493 e. The Morgan fingerprint density at radius 2 is 1.47 bits per heavy atom. The first-order chi connectivity index (χ1) is 18.7. The Balaban J connectivity index is 1.37. The van der Waals surface area contributed by atoms with Gasteiger partial charge in [-0.05, 0) is 65.2 Å². The monoisotopic (exact) mass is 520 g/mol. The number of thioether (sulfide) groups is 1. The maximum absolute atomic E-state index is 13.5. The van der Waals surface area contributed by atoms with Crippen molar-refractivity contribution in [3.63, 3.8) is 0 Å². The van der Waals surface area contributed by atoms with Gasteiger partial charge < -0.3 is 9.47 Å². The standard InChI is InChI=1S/C32H28N2O3S/c1-36-29-21-26(17-18-28(29)37-23-25-13-7-3-8-14-25)22-30-31(35)34(20-19-24-11-5-2-6-12-24)32(38-30)33-27-15-9-4-10-16-27/h2-18,21-22H,19-20,23H2,1H3/b30-22+,33-32?.